The number of pyridine rings is 2. The molecule has 4 aromatic rings. The van der Waals surface area contributed by atoms with Crippen LogP contribution in [0.3, 0.4) is 0 Å². The fourth-order valence-electron chi connectivity index (χ4n) is 3.45. The minimum Gasteiger partial charge on any atom is -0.382 e. The molecule has 4 rings (SSSR count). The number of anilines is 2. The van der Waals surface area contributed by atoms with Crippen molar-refractivity contribution in [2.45, 2.75) is 26.7 Å². The van der Waals surface area contributed by atoms with Gasteiger partial charge in [0.2, 0.25) is 5.91 Å². The van der Waals surface area contributed by atoms with E-state index in [0.29, 0.717) is 5.82 Å². The summed E-state index contributed by atoms with van der Waals surface area (Å²) in [5.41, 5.74) is 12.1. The number of hydrogen-bond acceptors (Lipinski definition) is 4. The van der Waals surface area contributed by atoms with Crippen molar-refractivity contribution in [1.29, 1.82) is 0 Å². The number of carbonyl (C=O) groups is 1. The molecule has 0 unspecified atom stereocenters. The molecule has 2 aromatic carbocycles. The molecule has 0 aliphatic carbocycles. The van der Waals surface area contributed by atoms with Crippen molar-refractivity contribution >= 4 is 39.2 Å². The van der Waals surface area contributed by atoms with E-state index in [0.717, 1.165) is 51.5 Å². The largest absolute Gasteiger partial charge is 0.382 e. The highest BCUT2D eigenvalue weighted by Gasteiger charge is 2.09. The van der Waals surface area contributed by atoms with Gasteiger partial charge in [-0.3, -0.25) is 9.78 Å². The predicted molar refractivity (Wildman–Crippen MR) is 114 cm³/mol. The van der Waals surface area contributed by atoms with Gasteiger partial charge in [-0.15, -0.1) is 0 Å². The van der Waals surface area contributed by atoms with Crippen molar-refractivity contribution in [3.05, 3.63) is 71.4 Å². The Morgan fingerprint density at radius 1 is 1.00 bits per heavy atom. The van der Waals surface area contributed by atoms with Gasteiger partial charge in [0.25, 0.3) is 0 Å². The number of nitrogens with two attached hydrogens (primary N) is 1. The number of fused-ring (bicyclic) bond motifs is 3. The molecule has 0 aliphatic heterocycles. The van der Waals surface area contributed by atoms with Gasteiger partial charge in [0.15, 0.2) is 5.82 Å². The van der Waals surface area contributed by atoms with Crippen LogP contribution >= 0.6 is 0 Å². The third-order valence-electron chi connectivity index (χ3n) is 4.85. The Morgan fingerprint density at radius 3 is 2.50 bits per heavy atom. The van der Waals surface area contributed by atoms with Gasteiger partial charge in [-0.1, -0.05) is 24.3 Å². The van der Waals surface area contributed by atoms with Crippen LogP contribution in [0.5, 0.6) is 0 Å². The zero-order valence-corrected chi connectivity index (χ0v) is 16.0. The molecule has 5 nitrogen and oxygen atoms in total. The van der Waals surface area contributed by atoms with Crippen LogP contribution in [0.4, 0.5) is 11.5 Å². The fourth-order valence-corrected chi connectivity index (χ4v) is 3.45. The number of aryl methyl sites for hydroxylation is 3. The average Bonchev–Trinajstić information content (AvgIpc) is 2.67. The Bertz CT molecular complexity index is 1180. The summed E-state index contributed by atoms with van der Waals surface area (Å²) in [6.45, 7) is 3.56. The molecule has 0 atom stereocenters. The first-order valence-corrected chi connectivity index (χ1v) is 9.30. The molecular formula is C23H22N4O. The average molecular weight is 370 g/mol. The number of hydrogen-bond donors (Lipinski definition) is 2. The quantitative estimate of drug-likeness (QED) is 0.521. The summed E-state index contributed by atoms with van der Waals surface area (Å²) in [7, 11) is 0. The summed E-state index contributed by atoms with van der Waals surface area (Å²) in [6.07, 6.45) is 3.65. The third kappa shape index (κ3) is 3.64. The van der Waals surface area contributed by atoms with Crippen molar-refractivity contribution in [2.75, 3.05) is 11.1 Å². The molecule has 0 saturated carbocycles. The number of nitrogens with one attached hydrogen (secondary N) is 1. The normalized spacial score (nSPS) is 11.1. The second-order valence-electron chi connectivity index (χ2n) is 7.14. The van der Waals surface area contributed by atoms with E-state index < -0.39 is 0 Å². The van der Waals surface area contributed by atoms with Crippen molar-refractivity contribution in [1.82, 2.24) is 9.97 Å². The van der Waals surface area contributed by atoms with E-state index in [1.807, 2.05) is 37.4 Å². The monoisotopic (exact) mass is 370 g/mol. The van der Waals surface area contributed by atoms with Gasteiger partial charge in [-0.05, 0) is 60.7 Å². The van der Waals surface area contributed by atoms with Crippen LogP contribution < -0.4 is 11.1 Å². The summed E-state index contributed by atoms with van der Waals surface area (Å²) in [5, 5.41) is 4.90. The molecule has 5 heteroatoms. The van der Waals surface area contributed by atoms with E-state index in [-0.39, 0.29) is 5.91 Å². The lowest BCUT2D eigenvalue weighted by atomic mass is 10.0. The maximum absolute atomic E-state index is 11.1. The number of carbonyl (C=O) groups excluding carboxylic acids is 1. The lowest BCUT2D eigenvalue weighted by Gasteiger charge is -2.09. The van der Waals surface area contributed by atoms with Crippen molar-refractivity contribution in [3.8, 4) is 0 Å². The van der Waals surface area contributed by atoms with Gasteiger partial charge >= 0.3 is 0 Å². The highest BCUT2D eigenvalue weighted by Crippen LogP contribution is 2.28. The van der Waals surface area contributed by atoms with E-state index in [1.54, 1.807) is 0 Å². The molecule has 0 spiro atoms. The molecule has 0 radical (unpaired) electrons. The summed E-state index contributed by atoms with van der Waals surface area (Å²) in [6, 6.07) is 16.3. The van der Waals surface area contributed by atoms with Crippen molar-refractivity contribution < 1.29 is 4.79 Å². The smallest absolute Gasteiger partial charge is 0.221 e. The zero-order chi connectivity index (χ0) is 19.7. The van der Waals surface area contributed by atoms with E-state index in [1.165, 1.54) is 12.5 Å². The molecule has 2 aromatic heterocycles. The van der Waals surface area contributed by atoms with Gasteiger partial charge in [-0.2, -0.15) is 0 Å². The van der Waals surface area contributed by atoms with Crippen LogP contribution in [-0.4, -0.2) is 15.9 Å². The van der Waals surface area contributed by atoms with E-state index in [2.05, 4.69) is 39.6 Å². The molecule has 0 fully saturated rings. The van der Waals surface area contributed by atoms with Gasteiger partial charge in [-0.25, -0.2) is 4.98 Å². The first-order valence-electron chi connectivity index (χ1n) is 9.30. The number of nitrogens with zero attached hydrogens (tertiary/aromatic N) is 2. The minimum atomic E-state index is -0.0637. The Balaban J connectivity index is 1.61. The van der Waals surface area contributed by atoms with Crippen molar-refractivity contribution in [3.63, 3.8) is 0 Å². The van der Waals surface area contributed by atoms with Gasteiger partial charge in [0.05, 0.1) is 5.52 Å². The van der Waals surface area contributed by atoms with Gasteiger partial charge in [0, 0.05) is 29.6 Å². The Morgan fingerprint density at radius 2 is 1.75 bits per heavy atom. The molecule has 0 aliphatic rings. The standard InChI is InChI=1S/C23H22N4O/c1-14-3-10-19-20-12-17(13-25-22(20)23(24)27-21(19)11-14)5-4-16-6-8-18(9-7-16)26-15(2)28/h3,6-13H,4-5H2,1-2H3,(H2,24,27)(H,26,28). The molecule has 3 N–H and O–H groups in total. The number of aromatic nitrogens is 2. The zero-order valence-electron chi connectivity index (χ0n) is 16.0. The summed E-state index contributed by atoms with van der Waals surface area (Å²) in [5.74, 6) is 0.402. The predicted octanol–water partition coefficient (Wildman–Crippen LogP) is 4.42. The summed E-state index contributed by atoms with van der Waals surface area (Å²) >= 11 is 0. The summed E-state index contributed by atoms with van der Waals surface area (Å²) < 4.78 is 0. The maximum Gasteiger partial charge on any atom is 0.221 e. The summed E-state index contributed by atoms with van der Waals surface area (Å²) in [4.78, 5) is 20.2. The van der Waals surface area contributed by atoms with Crippen LogP contribution in [0.1, 0.15) is 23.6 Å². The van der Waals surface area contributed by atoms with E-state index in [9.17, 15) is 4.79 Å². The molecule has 0 saturated heterocycles. The van der Waals surface area contributed by atoms with Crippen LogP contribution in [0, 0.1) is 6.92 Å². The second kappa shape index (κ2) is 7.27. The van der Waals surface area contributed by atoms with E-state index >= 15 is 0 Å². The molecule has 2 heterocycles. The SMILES string of the molecule is CC(=O)Nc1ccc(CCc2cnc3c(N)nc4cc(C)ccc4c3c2)cc1. The second-order valence-corrected chi connectivity index (χ2v) is 7.14. The van der Waals surface area contributed by atoms with Crippen LogP contribution in [0.15, 0.2) is 54.7 Å². The molecule has 28 heavy (non-hydrogen) atoms. The third-order valence-corrected chi connectivity index (χ3v) is 4.85. The highest BCUT2D eigenvalue weighted by atomic mass is 16.1. The lowest BCUT2D eigenvalue weighted by molar-refractivity contribution is -0.114. The molecule has 0 bridgehead atoms. The van der Waals surface area contributed by atoms with E-state index in [4.69, 9.17) is 5.73 Å². The van der Waals surface area contributed by atoms with Gasteiger partial charge < -0.3 is 11.1 Å². The highest BCUT2D eigenvalue weighted by molar-refractivity contribution is 6.08. The fraction of sp³-hybridized carbons (Fsp3) is 0.174. The minimum absolute atomic E-state index is 0.0637. The number of benzene rings is 2. The lowest BCUT2D eigenvalue weighted by Crippen LogP contribution is -2.05. The molecular weight excluding hydrogens is 348 g/mol. The Hall–Kier alpha value is -3.47. The number of amides is 1. The topological polar surface area (TPSA) is 80.9 Å². The van der Waals surface area contributed by atoms with Crippen LogP contribution in [0.25, 0.3) is 21.8 Å². The Labute approximate surface area is 163 Å². The first kappa shape index (κ1) is 17.9. The first-order chi connectivity index (χ1) is 13.5. The maximum atomic E-state index is 11.1. The van der Waals surface area contributed by atoms with Crippen LogP contribution in [0.2, 0.25) is 0 Å². The van der Waals surface area contributed by atoms with Gasteiger partial charge in [0.1, 0.15) is 5.52 Å². The Kier molecular flexibility index (Phi) is 4.65. The van der Waals surface area contributed by atoms with Crippen molar-refractivity contribution in [2.24, 2.45) is 0 Å². The molecule has 140 valence electrons. The van der Waals surface area contributed by atoms with Crippen LogP contribution in [-0.2, 0) is 17.6 Å². The number of nitrogen functional groups attached to an aromatic ring is 1. The number of rotatable bonds is 4. The molecule has 1 amide bonds.